The first-order valence-corrected chi connectivity index (χ1v) is 7.48. The standard InChI is InChI=1S/C7H18NO2PS/c1-6(2)11(7(3)4)8-12(5,9)10/h6-7,11H,1-5H3. The van der Waals surface area contributed by atoms with Crippen molar-refractivity contribution in [1.29, 1.82) is 0 Å². The van der Waals surface area contributed by atoms with Crippen LogP contribution in [0.1, 0.15) is 27.7 Å². The van der Waals surface area contributed by atoms with E-state index in [1.807, 2.05) is 27.7 Å². The van der Waals surface area contributed by atoms with Crippen molar-refractivity contribution >= 4 is 17.7 Å². The van der Waals surface area contributed by atoms with Crippen LogP contribution in [0, 0.1) is 0 Å². The number of sulfonamides is 1. The fourth-order valence-electron chi connectivity index (χ4n) is 1.07. The minimum Gasteiger partial charge on any atom is -0.205 e. The van der Waals surface area contributed by atoms with Crippen molar-refractivity contribution in [1.82, 2.24) is 0 Å². The minimum atomic E-state index is -3.14. The summed E-state index contributed by atoms with van der Waals surface area (Å²) in [4.78, 5) is 0. The predicted octanol–water partition coefficient (Wildman–Crippen LogP) is 2.16. The Bertz CT molecular complexity index is 257. The summed E-state index contributed by atoms with van der Waals surface area (Å²) in [6.07, 6.45) is 1.17. The van der Waals surface area contributed by atoms with Gasteiger partial charge in [0.05, 0.1) is 6.26 Å². The van der Waals surface area contributed by atoms with E-state index in [0.29, 0.717) is 11.3 Å². The molecule has 12 heavy (non-hydrogen) atoms. The van der Waals surface area contributed by atoms with Gasteiger partial charge in [-0.1, -0.05) is 27.7 Å². The summed E-state index contributed by atoms with van der Waals surface area (Å²) in [5.74, 6) is 0. The average molecular weight is 211 g/mol. The molecule has 0 N–H and O–H groups in total. The molecule has 0 amide bonds. The van der Waals surface area contributed by atoms with Crippen LogP contribution in [0.3, 0.4) is 0 Å². The van der Waals surface area contributed by atoms with Gasteiger partial charge in [-0.2, -0.15) is 4.15 Å². The van der Waals surface area contributed by atoms with Gasteiger partial charge < -0.3 is 0 Å². The van der Waals surface area contributed by atoms with Gasteiger partial charge >= 0.3 is 0 Å². The summed E-state index contributed by atoms with van der Waals surface area (Å²) >= 11 is 0. The molecule has 0 aliphatic carbocycles. The monoisotopic (exact) mass is 211 g/mol. The second kappa shape index (κ2) is 4.43. The summed E-state index contributed by atoms with van der Waals surface area (Å²) in [5.41, 5.74) is 0.759. The third-order valence-corrected chi connectivity index (χ3v) is 5.99. The molecule has 0 saturated carbocycles. The summed E-state index contributed by atoms with van der Waals surface area (Å²) < 4.78 is 25.7. The Morgan fingerprint density at radius 1 is 1.08 bits per heavy atom. The lowest BCUT2D eigenvalue weighted by Crippen LogP contribution is -1.99. The third kappa shape index (κ3) is 4.94. The van der Waals surface area contributed by atoms with Gasteiger partial charge in [-0.3, -0.25) is 0 Å². The maximum absolute atomic E-state index is 10.9. The van der Waals surface area contributed by atoms with Gasteiger partial charge in [-0.05, 0) is 19.0 Å². The molecule has 0 fully saturated rings. The largest absolute Gasteiger partial charge is 0.248 e. The Kier molecular flexibility index (Phi) is 4.49. The second-order valence-corrected chi connectivity index (χ2v) is 8.91. The first kappa shape index (κ1) is 12.2. The van der Waals surface area contributed by atoms with Crippen LogP contribution in [0.5, 0.6) is 0 Å². The molecule has 0 bridgehead atoms. The Labute approximate surface area is 76.1 Å². The molecule has 0 saturated heterocycles. The Hall–Kier alpha value is 0.180. The zero-order valence-corrected chi connectivity index (χ0v) is 10.1. The van der Waals surface area contributed by atoms with E-state index in [-0.39, 0.29) is 0 Å². The first-order chi connectivity index (χ1) is 5.24. The summed E-state index contributed by atoms with van der Waals surface area (Å²) in [5, 5.41) is 0. The fourth-order valence-corrected chi connectivity index (χ4v) is 5.62. The highest BCUT2D eigenvalue weighted by Crippen LogP contribution is 2.38. The topological polar surface area (TPSA) is 46.5 Å². The molecule has 0 aromatic carbocycles. The van der Waals surface area contributed by atoms with E-state index in [1.165, 1.54) is 6.26 Å². The highest BCUT2D eigenvalue weighted by molar-refractivity contribution is 7.92. The van der Waals surface area contributed by atoms with Crippen molar-refractivity contribution < 1.29 is 8.42 Å². The lowest BCUT2D eigenvalue weighted by molar-refractivity contribution is 0.604. The lowest BCUT2D eigenvalue weighted by Gasteiger charge is -2.14. The number of rotatable bonds is 3. The van der Waals surface area contributed by atoms with Crippen LogP contribution in [0.15, 0.2) is 4.15 Å². The van der Waals surface area contributed by atoms with Crippen molar-refractivity contribution in [3.63, 3.8) is 0 Å². The second-order valence-electron chi connectivity index (χ2n) is 3.56. The van der Waals surface area contributed by atoms with Crippen LogP contribution >= 0.6 is 7.71 Å². The quantitative estimate of drug-likeness (QED) is 0.671. The van der Waals surface area contributed by atoms with Crippen molar-refractivity contribution in [2.45, 2.75) is 39.0 Å². The predicted molar refractivity (Wildman–Crippen MR) is 55.9 cm³/mol. The number of hydrogen-bond donors (Lipinski definition) is 0. The Balaban J connectivity index is 4.88. The van der Waals surface area contributed by atoms with Crippen LogP contribution in [-0.4, -0.2) is 26.0 Å². The molecule has 0 aliphatic heterocycles. The van der Waals surface area contributed by atoms with Gasteiger partial charge in [0.15, 0.2) is 0 Å². The zero-order valence-electron chi connectivity index (χ0n) is 8.33. The summed E-state index contributed by atoms with van der Waals surface area (Å²) in [7, 11) is -4.24. The summed E-state index contributed by atoms with van der Waals surface area (Å²) in [6, 6.07) is 0. The van der Waals surface area contributed by atoms with Gasteiger partial charge in [-0.25, -0.2) is 8.42 Å². The van der Waals surface area contributed by atoms with Gasteiger partial charge in [0, 0.05) is 0 Å². The van der Waals surface area contributed by atoms with Gasteiger partial charge in [0.25, 0.3) is 0 Å². The van der Waals surface area contributed by atoms with E-state index in [1.54, 1.807) is 0 Å². The van der Waals surface area contributed by atoms with Gasteiger partial charge in [0.2, 0.25) is 10.0 Å². The average Bonchev–Trinajstić information content (AvgIpc) is 1.79. The molecule has 3 nitrogen and oxygen atoms in total. The molecular formula is C7H18NO2PS. The van der Waals surface area contributed by atoms with Crippen LogP contribution in [0.2, 0.25) is 0 Å². The molecule has 0 aromatic rings. The van der Waals surface area contributed by atoms with Gasteiger partial charge in [0.1, 0.15) is 0 Å². The van der Waals surface area contributed by atoms with E-state index in [4.69, 9.17) is 0 Å². The molecule has 0 atom stereocenters. The molecule has 0 aromatic heterocycles. The summed E-state index contributed by atoms with van der Waals surface area (Å²) in [6.45, 7) is 8.12. The lowest BCUT2D eigenvalue weighted by atomic mass is 10.5. The van der Waals surface area contributed by atoms with Crippen LogP contribution in [0.25, 0.3) is 0 Å². The van der Waals surface area contributed by atoms with E-state index in [0.717, 1.165) is 0 Å². The highest BCUT2D eigenvalue weighted by Gasteiger charge is 2.10. The molecule has 0 spiro atoms. The maximum Gasteiger partial charge on any atom is 0.248 e. The molecule has 0 radical (unpaired) electrons. The van der Waals surface area contributed by atoms with E-state index >= 15 is 0 Å². The molecule has 0 unspecified atom stereocenters. The smallest absolute Gasteiger partial charge is 0.205 e. The highest BCUT2D eigenvalue weighted by atomic mass is 32.2. The van der Waals surface area contributed by atoms with Crippen LogP contribution in [0.4, 0.5) is 0 Å². The third-order valence-electron chi connectivity index (χ3n) is 1.45. The van der Waals surface area contributed by atoms with Crippen molar-refractivity contribution in [3.05, 3.63) is 0 Å². The first-order valence-electron chi connectivity index (χ1n) is 4.03. The zero-order chi connectivity index (χ0) is 9.94. The molecule has 0 heterocycles. The Morgan fingerprint density at radius 2 is 1.42 bits per heavy atom. The molecular weight excluding hydrogens is 193 g/mol. The van der Waals surface area contributed by atoms with E-state index in [9.17, 15) is 8.42 Å². The van der Waals surface area contributed by atoms with Crippen molar-refractivity contribution in [2.75, 3.05) is 6.26 Å². The van der Waals surface area contributed by atoms with E-state index in [2.05, 4.69) is 4.15 Å². The maximum atomic E-state index is 10.9. The molecule has 0 rings (SSSR count). The fraction of sp³-hybridized carbons (Fsp3) is 1.00. The minimum absolute atomic E-state index is 0.379. The SMILES string of the molecule is CC(C)[PH](=NS(C)(=O)=O)C(C)C. The van der Waals surface area contributed by atoms with Crippen LogP contribution in [-0.2, 0) is 10.0 Å². The van der Waals surface area contributed by atoms with Gasteiger partial charge in [-0.15, -0.1) is 0 Å². The molecule has 0 aliphatic rings. The number of nitrogens with zero attached hydrogens (tertiary/aromatic N) is 1. The molecule has 5 heteroatoms. The number of hydrogen-bond acceptors (Lipinski definition) is 2. The normalized spacial score (nSPS) is 13.0. The Morgan fingerprint density at radius 3 is 1.50 bits per heavy atom. The van der Waals surface area contributed by atoms with E-state index < -0.39 is 17.7 Å². The van der Waals surface area contributed by atoms with Crippen LogP contribution < -0.4 is 0 Å². The molecule has 74 valence electrons. The van der Waals surface area contributed by atoms with Crippen molar-refractivity contribution in [3.8, 4) is 0 Å². The van der Waals surface area contributed by atoms with Crippen molar-refractivity contribution in [2.24, 2.45) is 4.15 Å².